The second-order valence-corrected chi connectivity index (χ2v) is 7.61. The Morgan fingerprint density at radius 3 is 3.07 bits per heavy atom. The fraction of sp³-hybridized carbons (Fsp3) is 0.316. The third kappa shape index (κ3) is 4.15. The van der Waals surface area contributed by atoms with Crippen LogP contribution in [0.1, 0.15) is 12.8 Å². The van der Waals surface area contributed by atoms with Crippen molar-refractivity contribution in [2.75, 3.05) is 29.9 Å². The van der Waals surface area contributed by atoms with Crippen molar-refractivity contribution in [2.24, 2.45) is 0 Å². The molecule has 0 aliphatic carbocycles. The van der Waals surface area contributed by atoms with Crippen LogP contribution in [0, 0.1) is 0 Å². The van der Waals surface area contributed by atoms with Crippen LogP contribution in [0.25, 0.3) is 11.0 Å². The minimum absolute atomic E-state index is 0.0573. The summed E-state index contributed by atoms with van der Waals surface area (Å²) in [6.45, 7) is 1.74. The Morgan fingerprint density at radius 2 is 2.18 bits per heavy atom. The Balaban J connectivity index is 1.36. The number of aromatic amines is 1. The third-order valence-corrected chi connectivity index (χ3v) is 5.35. The molecule has 3 aromatic rings. The predicted octanol–water partition coefficient (Wildman–Crippen LogP) is 3.46. The zero-order valence-electron chi connectivity index (χ0n) is 15.1. The highest BCUT2D eigenvalue weighted by Crippen LogP contribution is 2.26. The third-order valence-electron chi connectivity index (χ3n) is 4.79. The van der Waals surface area contributed by atoms with Gasteiger partial charge in [0.05, 0.1) is 22.6 Å². The van der Waals surface area contributed by atoms with Crippen molar-refractivity contribution in [1.82, 2.24) is 20.3 Å². The lowest BCUT2D eigenvalue weighted by molar-refractivity contribution is -0.120. The Bertz CT molecular complexity index is 991. The fourth-order valence-electron chi connectivity index (χ4n) is 3.49. The lowest BCUT2D eigenvalue weighted by atomic mass is 10.1. The van der Waals surface area contributed by atoms with Gasteiger partial charge in [0, 0.05) is 30.4 Å². The van der Waals surface area contributed by atoms with E-state index in [2.05, 4.69) is 30.5 Å². The van der Waals surface area contributed by atoms with E-state index >= 15 is 0 Å². The highest BCUT2D eigenvalue weighted by atomic mass is 35.5. The van der Waals surface area contributed by atoms with Crippen molar-refractivity contribution >= 4 is 51.6 Å². The first-order valence-electron chi connectivity index (χ1n) is 9.11. The molecule has 0 spiro atoms. The standard InChI is InChI=1S/C19H20Cl2N6O/c20-12-3-4-15(21)16(8-12)23-9-17(28)26-13-2-1-7-27(10-13)19-14-5-6-22-18(14)24-11-25-19/h3-6,8,11,13,23H,1-2,7,9-10H2,(H,26,28)(H,22,24,25). The van der Waals surface area contributed by atoms with Gasteiger partial charge in [-0.3, -0.25) is 4.79 Å². The van der Waals surface area contributed by atoms with Crippen LogP contribution >= 0.6 is 23.2 Å². The number of carbonyl (C=O) groups is 1. The van der Waals surface area contributed by atoms with Gasteiger partial charge >= 0.3 is 0 Å². The van der Waals surface area contributed by atoms with Crippen molar-refractivity contribution in [3.63, 3.8) is 0 Å². The molecule has 0 radical (unpaired) electrons. The molecule has 146 valence electrons. The summed E-state index contributed by atoms with van der Waals surface area (Å²) in [5.74, 6) is 0.811. The van der Waals surface area contributed by atoms with Gasteiger partial charge in [0.2, 0.25) is 5.91 Å². The van der Waals surface area contributed by atoms with Crippen LogP contribution in [0.15, 0.2) is 36.8 Å². The molecular weight excluding hydrogens is 399 g/mol. The highest BCUT2D eigenvalue weighted by molar-refractivity contribution is 6.35. The van der Waals surface area contributed by atoms with Crippen LogP contribution in [0.3, 0.4) is 0 Å². The van der Waals surface area contributed by atoms with Gasteiger partial charge < -0.3 is 20.5 Å². The molecule has 28 heavy (non-hydrogen) atoms. The topological polar surface area (TPSA) is 85.9 Å². The van der Waals surface area contributed by atoms with Gasteiger partial charge in [-0.15, -0.1) is 0 Å². The van der Waals surface area contributed by atoms with Gasteiger partial charge in [0.25, 0.3) is 0 Å². The van der Waals surface area contributed by atoms with Gasteiger partial charge in [-0.2, -0.15) is 0 Å². The molecular formula is C19H20Cl2N6O. The summed E-state index contributed by atoms with van der Waals surface area (Å²) in [5, 5.41) is 8.22. The molecule has 7 nitrogen and oxygen atoms in total. The largest absolute Gasteiger partial charge is 0.375 e. The number of aromatic nitrogens is 3. The van der Waals surface area contributed by atoms with Crippen LogP contribution in [-0.2, 0) is 4.79 Å². The monoisotopic (exact) mass is 418 g/mol. The number of hydrogen-bond donors (Lipinski definition) is 3. The number of nitrogens with one attached hydrogen (secondary N) is 3. The summed E-state index contributed by atoms with van der Waals surface area (Å²) >= 11 is 12.1. The molecule has 9 heteroatoms. The lowest BCUT2D eigenvalue weighted by Crippen LogP contribution is -2.49. The SMILES string of the molecule is O=C(CNc1cc(Cl)ccc1Cl)NC1CCCN(c2ncnc3[nH]ccc23)C1. The van der Waals surface area contributed by atoms with Crippen molar-refractivity contribution in [3.8, 4) is 0 Å². The molecule has 1 aliphatic heterocycles. The maximum atomic E-state index is 12.4. The second-order valence-electron chi connectivity index (χ2n) is 6.77. The van der Waals surface area contributed by atoms with E-state index in [-0.39, 0.29) is 18.5 Å². The first-order valence-corrected chi connectivity index (χ1v) is 9.87. The molecule has 0 saturated carbocycles. The molecule has 1 amide bonds. The predicted molar refractivity (Wildman–Crippen MR) is 112 cm³/mol. The van der Waals surface area contributed by atoms with Crippen LogP contribution in [0.5, 0.6) is 0 Å². The minimum Gasteiger partial charge on any atom is -0.375 e. The van der Waals surface area contributed by atoms with Crippen molar-refractivity contribution in [1.29, 1.82) is 0 Å². The van der Waals surface area contributed by atoms with E-state index in [4.69, 9.17) is 23.2 Å². The molecule has 4 rings (SSSR count). The van der Waals surface area contributed by atoms with Crippen LogP contribution < -0.4 is 15.5 Å². The number of nitrogens with zero attached hydrogens (tertiary/aromatic N) is 3. The Kier molecular flexibility index (Phi) is 5.54. The van der Waals surface area contributed by atoms with E-state index < -0.39 is 0 Å². The summed E-state index contributed by atoms with van der Waals surface area (Å²) in [7, 11) is 0. The van der Waals surface area contributed by atoms with E-state index in [9.17, 15) is 4.79 Å². The number of halogens is 2. The Labute approximate surface area is 172 Å². The maximum Gasteiger partial charge on any atom is 0.239 e. The van der Waals surface area contributed by atoms with Crippen molar-refractivity contribution in [2.45, 2.75) is 18.9 Å². The zero-order chi connectivity index (χ0) is 19.5. The van der Waals surface area contributed by atoms with Gasteiger partial charge in [-0.1, -0.05) is 23.2 Å². The fourth-order valence-corrected chi connectivity index (χ4v) is 3.84. The molecule has 1 aliphatic rings. The van der Waals surface area contributed by atoms with Crippen LogP contribution in [-0.4, -0.2) is 46.5 Å². The smallest absolute Gasteiger partial charge is 0.239 e. The molecule has 0 bridgehead atoms. The molecule has 1 fully saturated rings. The zero-order valence-corrected chi connectivity index (χ0v) is 16.6. The minimum atomic E-state index is -0.0858. The van der Waals surface area contributed by atoms with Gasteiger partial charge in [0.15, 0.2) is 0 Å². The first kappa shape index (κ1) is 18.8. The number of amides is 1. The number of fused-ring (bicyclic) bond motifs is 1. The quantitative estimate of drug-likeness (QED) is 0.590. The summed E-state index contributed by atoms with van der Waals surface area (Å²) in [5.41, 5.74) is 1.46. The maximum absolute atomic E-state index is 12.4. The molecule has 3 N–H and O–H groups in total. The molecule has 2 aromatic heterocycles. The molecule has 1 saturated heterocycles. The average Bonchev–Trinajstić information content (AvgIpc) is 3.18. The number of piperidine rings is 1. The molecule has 3 heterocycles. The summed E-state index contributed by atoms with van der Waals surface area (Å²) in [4.78, 5) is 26.4. The van der Waals surface area contributed by atoms with E-state index in [0.717, 1.165) is 36.2 Å². The molecule has 1 aromatic carbocycles. The lowest BCUT2D eigenvalue weighted by Gasteiger charge is -2.34. The number of anilines is 2. The number of rotatable bonds is 5. The molecule has 1 atom stereocenters. The Morgan fingerprint density at radius 1 is 1.29 bits per heavy atom. The first-order chi connectivity index (χ1) is 13.6. The number of H-pyrrole nitrogens is 1. The van der Waals surface area contributed by atoms with E-state index in [1.54, 1.807) is 24.5 Å². The summed E-state index contributed by atoms with van der Waals surface area (Å²) in [6.07, 6.45) is 5.34. The molecule has 1 unspecified atom stereocenters. The van der Waals surface area contributed by atoms with Gasteiger partial charge in [-0.25, -0.2) is 9.97 Å². The Hall–Kier alpha value is -2.51. The van der Waals surface area contributed by atoms with Crippen molar-refractivity contribution < 1.29 is 4.79 Å². The van der Waals surface area contributed by atoms with Gasteiger partial charge in [-0.05, 0) is 37.1 Å². The van der Waals surface area contributed by atoms with E-state index in [1.165, 1.54) is 0 Å². The summed E-state index contributed by atoms with van der Waals surface area (Å²) in [6, 6.07) is 7.15. The van der Waals surface area contributed by atoms with Crippen LogP contribution in [0.2, 0.25) is 10.0 Å². The van der Waals surface area contributed by atoms with E-state index in [0.29, 0.717) is 22.3 Å². The number of hydrogen-bond acceptors (Lipinski definition) is 5. The van der Waals surface area contributed by atoms with E-state index in [1.807, 2.05) is 12.3 Å². The highest BCUT2D eigenvalue weighted by Gasteiger charge is 2.23. The van der Waals surface area contributed by atoms with Crippen LogP contribution in [0.4, 0.5) is 11.5 Å². The number of benzene rings is 1. The number of carbonyl (C=O) groups excluding carboxylic acids is 1. The summed E-state index contributed by atoms with van der Waals surface area (Å²) < 4.78 is 0. The normalized spacial score (nSPS) is 16.9. The van der Waals surface area contributed by atoms with Gasteiger partial charge in [0.1, 0.15) is 17.8 Å². The second kappa shape index (κ2) is 8.24. The average molecular weight is 419 g/mol. The van der Waals surface area contributed by atoms with Crippen molar-refractivity contribution in [3.05, 3.63) is 46.8 Å².